The number of aromatic nitrogens is 2. The van der Waals surface area contributed by atoms with Gasteiger partial charge in [-0.05, 0) is 18.9 Å². The highest BCUT2D eigenvalue weighted by molar-refractivity contribution is 4.76. The third-order valence-electron chi connectivity index (χ3n) is 2.70. The highest BCUT2D eigenvalue weighted by Gasteiger charge is 2.08. The van der Waals surface area contributed by atoms with E-state index in [1.54, 1.807) is 7.11 Å². The van der Waals surface area contributed by atoms with Crippen LogP contribution in [-0.4, -0.2) is 35.9 Å². The molecule has 0 aliphatic heterocycles. The van der Waals surface area contributed by atoms with Crippen molar-refractivity contribution in [3.05, 3.63) is 18.7 Å². The van der Waals surface area contributed by atoms with Gasteiger partial charge in [-0.1, -0.05) is 13.8 Å². The maximum Gasteiger partial charge on any atom is 0.0946 e. The summed E-state index contributed by atoms with van der Waals surface area (Å²) >= 11 is 0. The molecule has 1 aromatic rings. The van der Waals surface area contributed by atoms with E-state index in [4.69, 9.17) is 4.74 Å². The molecule has 2 unspecified atom stereocenters. The van der Waals surface area contributed by atoms with Gasteiger partial charge in [0.15, 0.2) is 0 Å². The standard InChI is InChI=1S/C12H23N3O/c1-4-12(9-16-3)14-7-11(2)8-15-6-5-13-10-15/h5-6,10-12,14H,4,7-9H2,1-3H3. The van der Waals surface area contributed by atoms with Gasteiger partial charge in [0.25, 0.3) is 0 Å². The second-order valence-electron chi connectivity index (χ2n) is 4.33. The summed E-state index contributed by atoms with van der Waals surface area (Å²) in [5.41, 5.74) is 0. The van der Waals surface area contributed by atoms with Crippen molar-refractivity contribution >= 4 is 0 Å². The summed E-state index contributed by atoms with van der Waals surface area (Å²) in [6.07, 6.45) is 6.79. The van der Waals surface area contributed by atoms with Crippen LogP contribution >= 0.6 is 0 Å². The fourth-order valence-corrected chi connectivity index (χ4v) is 1.71. The Hall–Kier alpha value is -0.870. The van der Waals surface area contributed by atoms with Crippen molar-refractivity contribution in [1.29, 1.82) is 0 Å². The Morgan fingerprint density at radius 2 is 2.31 bits per heavy atom. The molecular weight excluding hydrogens is 202 g/mol. The van der Waals surface area contributed by atoms with Gasteiger partial charge in [-0.15, -0.1) is 0 Å². The first-order chi connectivity index (χ1) is 7.76. The molecule has 0 saturated carbocycles. The van der Waals surface area contributed by atoms with Crippen LogP contribution < -0.4 is 5.32 Å². The average Bonchev–Trinajstić information content (AvgIpc) is 2.76. The van der Waals surface area contributed by atoms with E-state index in [2.05, 4.69) is 28.7 Å². The van der Waals surface area contributed by atoms with Crippen molar-refractivity contribution in [2.75, 3.05) is 20.3 Å². The fourth-order valence-electron chi connectivity index (χ4n) is 1.71. The lowest BCUT2D eigenvalue weighted by Crippen LogP contribution is -2.36. The minimum Gasteiger partial charge on any atom is -0.383 e. The van der Waals surface area contributed by atoms with Crippen LogP contribution in [0.4, 0.5) is 0 Å². The normalized spacial score (nSPS) is 14.9. The molecule has 92 valence electrons. The lowest BCUT2D eigenvalue weighted by atomic mass is 10.1. The molecular formula is C12H23N3O. The van der Waals surface area contributed by atoms with Crippen molar-refractivity contribution in [2.24, 2.45) is 5.92 Å². The van der Waals surface area contributed by atoms with Gasteiger partial charge in [0.05, 0.1) is 12.9 Å². The number of rotatable bonds is 8. The molecule has 1 aromatic heterocycles. The third-order valence-corrected chi connectivity index (χ3v) is 2.70. The molecule has 0 aromatic carbocycles. The largest absolute Gasteiger partial charge is 0.383 e. The van der Waals surface area contributed by atoms with Gasteiger partial charge < -0.3 is 14.6 Å². The highest BCUT2D eigenvalue weighted by atomic mass is 16.5. The molecule has 4 nitrogen and oxygen atoms in total. The Morgan fingerprint density at radius 3 is 2.88 bits per heavy atom. The average molecular weight is 225 g/mol. The third kappa shape index (κ3) is 4.77. The van der Waals surface area contributed by atoms with Gasteiger partial charge in [0.1, 0.15) is 0 Å². The van der Waals surface area contributed by atoms with E-state index in [1.807, 2.05) is 18.7 Å². The van der Waals surface area contributed by atoms with Crippen LogP contribution in [0.3, 0.4) is 0 Å². The second kappa shape index (κ2) is 7.41. The van der Waals surface area contributed by atoms with Crippen LogP contribution in [0.5, 0.6) is 0 Å². The molecule has 0 fully saturated rings. The Labute approximate surface area is 98.0 Å². The van der Waals surface area contributed by atoms with E-state index in [1.165, 1.54) is 0 Å². The number of imidazole rings is 1. The first kappa shape index (κ1) is 13.2. The van der Waals surface area contributed by atoms with Crippen LogP contribution in [0.1, 0.15) is 20.3 Å². The summed E-state index contributed by atoms with van der Waals surface area (Å²) in [5.74, 6) is 0.597. The minimum absolute atomic E-state index is 0.468. The van der Waals surface area contributed by atoms with Gasteiger partial charge in [-0.2, -0.15) is 0 Å². The van der Waals surface area contributed by atoms with Gasteiger partial charge in [-0.3, -0.25) is 0 Å². The Kier molecular flexibility index (Phi) is 6.11. The summed E-state index contributed by atoms with van der Waals surface area (Å²) < 4.78 is 7.27. The zero-order chi connectivity index (χ0) is 11.8. The van der Waals surface area contributed by atoms with E-state index in [9.17, 15) is 0 Å². The molecule has 2 atom stereocenters. The lowest BCUT2D eigenvalue weighted by molar-refractivity contribution is 0.161. The molecule has 0 aliphatic rings. The maximum absolute atomic E-state index is 5.16. The molecule has 4 heteroatoms. The van der Waals surface area contributed by atoms with E-state index in [-0.39, 0.29) is 0 Å². The number of hydrogen-bond donors (Lipinski definition) is 1. The molecule has 0 saturated heterocycles. The first-order valence-corrected chi connectivity index (χ1v) is 5.94. The molecule has 1 heterocycles. The van der Waals surface area contributed by atoms with Crippen LogP contribution in [0.25, 0.3) is 0 Å². The second-order valence-corrected chi connectivity index (χ2v) is 4.33. The number of nitrogens with one attached hydrogen (secondary N) is 1. The topological polar surface area (TPSA) is 39.1 Å². The van der Waals surface area contributed by atoms with Gasteiger partial charge >= 0.3 is 0 Å². The van der Waals surface area contributed by atoms with E-state index in [0.717, 1.165) is 26.1 Å². The van der Waals surface area contributed by atoms with Crippen LogP contribution in [0.15, 0.2) is 18.7 Å². The lowest BCUT2D eigenvalue weighted by Gasteiger charge is -2.19. The van der Waals surface area contributed by atoms with Crippen LogP contribution in [0, 0.1) is 5.92 Å². The summed E-state index contributed by atoms with van der Waals surface area (Å²) in [6.45, 7) is 7.23. The van der Waals surface area contributed by atoms with Crippen molar-refractivity contribution in [3.63, 3.8) is 0 Å². The predicted molar refractivity (Wildman–Crippen MR) is 65.3 cm³/mol. The van der Waals surface area contributed by atoms with E-state index < -0.39 is 0 Å². The highest BCUT2D eigenvalue weighted by Crippen LogP contribution is 2.00. The van der Waals surface area contributed by atoms with Crippen molar-refractivity contribution in [3.8, 4) is 0 Å². The minimum atomic E-state index is 0.468. The molecule has 0 radical (unpaired) electrons. The van der Waals surface area contributed by atoms with Gasteiger partial charge in [0.2, 0.25) is 0 Å². The number of methoxy groups -OCH3 is 1. The molecule has 0 spiro atoms. The molecule has 0 amide bonds. The number of ether oxygens (including phenoxy) is 1. The molecule has 1 N–H and O–H groups in total. The van der Waals surface area contributed by atoms with E-state index in [0.29, 0.717) is 12.0 Å². The Bertz CT molecular complexity index is 261. The number of hydrogen-bond acceptors (Lipinski definition) is 3. The number of nitrogens with zero attached hydrogens (tertiary/aromatic N) is 2. The quantitative estimate of drug-likeness (QED) is 0.729. The van der Waals surface area contributed by atoms with Crippen LogP contribution in [0.2, 0.25) is 0 Å². The summed E-state index contributed by atoms with van der Waals surface area (Å²) in [6, 6.07) is 0.468. The Balaban J connectivity index is 2.21. The van der Waals surface area contributed by atoms with Crippen molar-refractivity contribution in [2.45, 2.75) is 32.9 Å². The van der Waals surface area contributed by atoms with Crippen molar-refractivity contribution in [1.82, 2.24) is 14.9 Å². The molecule has 1 rings (SSSR count). The summed E-state index contributed by atoms with van der Waals surface area (Å²) in [4.78, 5) is 4.04. The predicted octanol–water partition coefficient (Wildman–Crippen LogP) is 1.53. The maximum atomic E-state index is 5.16. The van der Waals surface area contributed by atoms with Gasteiger partial charge in [0, 0.05) is 32.1 Å². The molecule has 0 bridgehead atoms. The monoisotopic (exact) mass is 225 g/mol. The fraction of sp³-hybridized carbons (Fsp3) is 0.750. The molecule has 0 aliphatic carbocycles. The first-order valence-electron chi connectivity index (χ1n) is 5.94. The van der Waals surface area contributed by atoms with E-state index >= 15 is 0 Å². The SMILES string of the molecule is CCC(COC)NCC(C)Cn1ccnc1. The Morgan fingerprint density at radius 1 is 1.50 bits per heavy atom. The van der Waals surface area contributed by atoms with Crippen molar-refractivity contribution < 1.29 is 4.74 Å². The zero-order valence-corrected chi connectivity index (χ0v) is 10.5. The van der Waals surface area contributed by atoms with Crippen LogP contribution in [-0.2, 0) is 11.3 Å². The summed E-state index contributed by atoms with van der Waals surface area (Å²) in [5, 5.41) is 3.52. The van der Waals surface area contributed by atoms with Gasteiger partial charge in [-0.25, -0.2) is 4.98 Å². The summed E-state index contributed by atoms with van der Waals surface area (Å²) in [7, 11) is 1.75. The smallest absolute Gasteiger partial charge is 0.0946 e. The zero-order valence-electron chi connectivity index (χ0n) is 10.5. The molecule has 16 heavy (non-hydrogen) atoms.